The molecule has 0 aliphatic heterocycles. The summed E-state index contributed by atoms with van der Waals surface area (Å²) in [5.41, 5.74) is 0. The normalized spacial score (nSPS) is 13.7. The SMILES string of the molecule is CCCCN(C)CCCCCC(C)C(C)C. The van der Waals surface area contributed by atoms with Gasteiger partial charge in [-0.3, -0.25) is 0 Å². The zero-order valence-corrected chi connectivity index (χ0v) is 12.3. The maximum Gasteiger partial charge on any atom is -0.00218 e. The van der Waals surface area contributed by atoms with E-state index < -0.39 is 0 Å². The Bertz CT molecular complexity index is 142. The summed E-state index contributed by atoms with van der Waals surface area (Å²) >= 11 is 0. The van der Waals surface area contributed by atoms with Gasteiger partial charge in [0, 0.05) is 0 Å². The third-order valence-electron chi connectivity index (χ3n) is 3.73. The summed E-state index contributed by atoms with van der Waals surface area (Å²) in [5.74, 6) is 1.75. The Morgan fingerprint density at radius 1 is 0.875 bits per heavy atom. The second-order valence-corrected chi connectivity index (χ2v) is 5.73. The van der Waals surface area contributed by atoms with Gasteiger partial charge in [-0.25, -0.2) is 0 Å². The molecule has 0 aliphatic rings. The smallest absolute Gasteiger partial charge is 0.00218 e. The minimum absolute atomic E-state index is 0.854. The van der Waals surface area contributed by atoms with Crippen molar-refractivity contribution in [3.63, 3.8) is 0 Å². The first kappa shape index (κ1) is 16.0. The highest BCUT2D eigenvalue weighted by atomic mass is 15.1. The fraction of sp³-hybridized carbons (Fsp3) is 1.00. The molecule has 0 aromatic heterocycles. The molecular weight excluding hydrogens is 194 g/mol. The molecule has 0 fully saturated rings. The molecule has 16 heavy (non-hydrogen) atoms. The second kappa shape index (κ2) is 10.1. The average molecular weight is 227 g/mol. The van der Waals surface area contributed by atoms with E-state index in [1.54, 1.807) is 0 Å². The highest BCUT2D eigenvalue weighted by Crippen LogP contribution is 2.17. The van der Waals surface area contributed by atoms with Crippen LogP contribution in [0.15, 0.2) is 0 Å². The largest absolute Gasteiger partial charge is 0.306 e. The van der Waals surface area contributed by atoms with Crippen LogP contribution in [0.1, 0.15) is 66.2 Å². The lowest BCUT2D eigenvalue weighted by molar-refractivity contribution is 0.312. The van der Waals surface area contributed by atoms with Crippen LogP contribution in [0.2, 0.25) is 0 Å². The van der Waals surface area contributed by atoms with Gasteiger partial charge in [0.2, 0.25) is 0 Å². The molecule has 0 heterocycles. The van der Waals surface area contributed by atoms with Crippen LogP contribution in [-0.2, 0) is 0 Å². The molecule has 0 radical (unpaired) electrons. The lowest BCUT2D eigenvalue weighted by Gasteiger charge is -2.17. The molecule has 0 aromatic carbocycles. The van der Waals surface area contributed by atoms with Crippen molar-refractivity contribution in [1.82, 2.24) is 4.90 Å². The van der Waals surface area contributed by atoms with E-state index in [1.807, 2.05) is 0 Å². The molecule has 1 nitrogen and oxygen atoms in total. The predicted molar refractivity (Wildman–Crippen MR) is 74.9 cm³/mol. The Morgan fingerprint density at radius 3 is 2.06 bits per heavy atom. The fourth-order valence-corrected chi connectivity index (χ4v) is 1.90. The van der Waals surface area contributed by atoms with E-state index in [9.17, 15) is 0 Å². The number of hydrogen-bond acceptors (Lipinski definition) is 1. The van der Waals surface area contributed by atoms with Crippen molar-refractivity contribution >= 4 is 0 Å². The van der Waals surface area contributed by atoms with Gasteiger partial charge in [0.05, 0.1) is 0 Å². The summed E-state index contributed by atoms with van der Waals surface area (Å²) < 4.78 is 0. The second-order valence-electron chi connectivity index (χ2n) is 5.73. The van der Waals surface area contributed by atoms with Crippen molar-refractivity contribution in [2.24, 2.45) is 11.8 Å². The molecule has 0 bridgehead atoms. The number of unbranched alkanes of at least 4 members (excludes halogenated alkanes) is 3. The summed E-state index contributed by atoms with van der Waals surface area (Å²) in [7, 11) is 2.26. The monoisotopic (exact) mass is 227 g/mol. The molecule has 1 heteroatoms. The molecule has 98 valence electrons. The average Bonchev–Trinajstić information content (AvgIpc) is 2.25. The molecule has 0 saturated heterocycles. The number of hydrogen-bond donors (Lipinski definition) is 0. The molecule has 1 unspecified atom stereocenters. The van der Waals surface area contributed by atoms with Crippen molar-refractivity contribution in [3.8, 4) is 0 Å². The van der Waals surface area contributed by atoms with Crippen molar-refractivity contribution in [1.29, 1.82) is 0 Å². The third-order valence-corrected chi connectivity index (χ3v) is 3.73. The van der Waals surface area contributed by atoms with Crippen molar-refractivity contribution in [3.05, 3.63) is 0 Å². The van der Waals surface area contributed by atoms with Crippen molar-refractivity contribution in [2.75, 3.05) is 20.1 Å². The predicted octanol–water partition coefficient (Wildman–Crippen LogP) is 4.57. The van der Waals surface area contributed by atoms with Crippen LogP contribution >= 0.6 is 0 Å². The van der Waals surface area contributed by atoms with Gasteiger partial charge in [-0.15, -0.1) is 0 Å². The molecule has 0 rings (SSSR count). The topological polar surface area (TPSA) is 3.24 Å². The van der Waals surface area contributed by atoms with Gasteiger partial charge in [-0.1, -0.05) is 53.4 Å². The maximum atomic E-state index is 2.48. The van der Waals surface area contributed by atoms with E-state index in [1.165, 1.54) is 51.6 Å². The first-order valence-corrected chi connectivity index (χ1v) is 7.26. The molecule has 0 amide bonds. The molecular formula is C15H33N. The van der Waals surface area contributed by atoms with Crippen LogP contribution in [0, 0.1) is 11.8 Å². The van der Waals surface area contributed by atoms with Gasteiger partial charge in [0.15, 0.2) is 0 Å². The standard InChI is InChI=1S/C15H33N/c1-6-7-12-16(5)13-10-8-9-11-15(4)14(2)3/h14-15H,6-13H2,1-5H3. The van der Waals surface area contributed by atoms with Crippen molar-refractivity contribution in [2.45, 2.75) is 66.2 Å². The van der Waals surface area contributed by atoms with E-state index in [2.05, 4.69) is 39.6 Å². The van der Waals surface area contributed by atoms with Crippen LogP contribution in [0.25, 0.3) is 0 Å². The third kappa shape index (κ3) is 9.21. The quantitative estimate of drug-likeness (QED) is 0.494. The minimum Gasteiger partial charge on any atom is -0.306 e. The van der Waals surface area contributed by atoms with Crippen LogP contribution in [0.5, 0.6) is 0 Å². The van der Waals surface area contributed by atoms with Crippen LogP contribution < -0.4 is 0 Å². The first-order chi connectivity index (χ1) is 7.57. The van der Waals surface area contributed by atoms with Gasteiger partial charge in [-0.05, 0) is 44.8 Å². The van der Waals surface area contributed by atoms with Crippen molar-refractivity contribution < 1.29 is 0 Å². The fourth-order valence-electron chi connectivity index (χ4n) is 1.90. The Morgan fingerprint density at radius 2 is 1.50 bits per heavy atom. The zero-order chi connectivity index (χ0) is 12.4. The van der Waals surface area contributed by atoms with Crippen LogP contribution in [0.4, 0.5) is 0 Å². The van der Waals surface area contributed by atoms with E-state index in [-0.39, 0.29) is 0 Å². The molecule has 0 N–H and O–H groups in total. The van der Waals surface area contributed by atoms with Crippen LogP contribution in [-0.4, -0.2) is 25.0 Å². The summed E-state index contributed by atoms with van der Waals surface area (Å²) in [6, 6.07) is 0. The Hall–Kier alpha value is -0.0400. The zero-order valence-electron chi connectivity index (χ0n) is 12.3. The van der Waals surface area contributed by atoms with Crippen LogP contribution in [0.3, 0.4) is 0 Å². The molecule has 0 spiro atoms. The molecule has 0 saturated carbocycles. The summed E-state index contributed by atoms with van der Waals surface area (Å²) in [4.78, 5) is 2.48. The highest BCUT2D eigenvalue weighted by molar-refractivity contribution is 4.58. The number of nitrogens with zero attached hydrogens (tertiary/aromatic N) is 1. The molecule has 1 atom stereocenters. The van der Waals surface area contributed by atoms with Gasteiger partial charge in [0.1, 0.15) is 0 Å². The maximum absolute atomic E-state index is 2.48. The summed E-state index contributed by atoms with van der Waals surface area (Å²) in [6.45, 7) is 11.9. The molecule has 0 aromatic rings. The Balaban J connectivity index is 3.26. The summed E-state index contributed by atoms with van der Waals surface area (Å²) in [6.07, 6.45) is 8.28. The Kier molecular flexibility index (Phi) is 10.1. The van der Waals surface area contributed by atoms with Gasteiger partial charge in [0.25, 0.3) is 0 Å². The summed E-state index contributed by atoms with van der Waals surface area (Å²) in [5, 5.41) is 0. The minimum atomic E-state index is 0.854. The molecule has 0 aliphatic carbocycles. The van der Waals surface area contributed by atoms with E-state index >= 15 is 0 Å². The number of rotatable bonds is 10. The van der Waals surface area contributed by atoms with E-state index in [0.717, 1.165) is 11.8 Å². The first-order valence-electron chi connectivity index (χ1n) is 7.26. The highest BCUT2D eigenvalue weighted by Gasteiger charge is 2.06. The Labute approximate surface area is 104 Å². The van der Waals surface area contributed by atoms with Gasteiger partial charge < -0.3 is 4.90 Å². The van der Waals surface area contributed by atoms with Gasteiger partial charge >= 0.3 is 0 Å². The van der Waals surface area contributed by atoms with E-state index in [4.69, 9.17) is 0 Å². The lowest BCUT2D eigenvalue weighted by atomic mass is 9.92. The lowest BCUT2D eigenvalue weighted by Crippen LogP contribution is -2.20. The van der Waals surface area contributed by atoms with E-state index in [0.29, 0.717) is 0 Å². The van der Waals surface area contributed by atoms with Gasteiger partial charge in [-0.2, -0.15) is 0 Å².